The summed E-state index contributed by atoms with van der Waals surface area (Å²) in [5.41, 5.74) is 1.26. The van der Waals surface area contributed by atoms with E-state index in [1.165, 1.54) is 5.56 Å². The fourth-order valence-corrected chi connectivity index (χ4v) is 3.98. The van der Waals surface area contributed by atoms with Gasteiger partial charge in [0.15, 0.2) is 0 Å². The van der Waals surface area contributed by atoms with Gasteiger partial charge in [-0.15, -0.1) is 0 Å². The Bertz CT molecular complexity index is 585. The van der Waals surface area contributed by atoms with Crippen LogP contribution in [0, 0.1) is 17.8 Å². The zero-order valence-corrected chi connectivity index (χ0v) is 16.3. The number of nitrogens with zero attached hydrogens (tertiary/aromatic N) is 1. The summed E-state index contributed by atoms with van der Waals surface area (Å²) in [5.74, 6) is 3.43. The Balaban J connectivity index is 1.46. The average molecular weight is 360 g/mol. The van der Waals surface area contributed by atoms with Crippen LogP contribution in [0.25, 0.3) is 0 Å². The normalized spacial score (nSPS) is 19.7. The number of nitrogens with one attached hydrogen (secondary N) is 1. The number of ether oxygens (including phenoxy) is 2. The van der Waals surface area contributed by atoms with Gasteiger partial charge in [0, 0.05) is 25.1 Å². The predicted molar refractivity (Wildman–Crippen MR) is 103 cm³/mol. The largest absolute Gasteiger partial charge is 0.497 e. The molecule has 1 aromatic rings. The van der Waals surface area contributed by atoms with E-state index in [2.05, 4.69) is 29.3 Å². The van der Waals surface area contributed by atoms with Gasteiger partial charge >= 0.3 is 0 Å². The Hall–Kier alpha value is -1.75. The van der Waals surface area contributed by atoms with Crippen LogP contribution in [0.5, 0.6) is 11.5 Å². The van der Waals surface area contributed by atoms with Gasteiger partial charge in [0.1, 0.15) is 11.5 Å². The molecule has 1 amide bonds. The van der Waals surface area contributed by atoms with Crippen molar-refractivity contribution in [3.8, 4) is 11.5 Å². The summed E-state index contributed by atoms with van der Waals surface area (Å²) in [7, 11) is 3.37. The first-order valence-electron chi connectivity index (χ1n) is 9.82. The molecule has 0 spiro atoms. The number of likely N-dealkylation sites (tertiary alicyclic amines) is 1. The number of amides is 1. The maximum atomic E-state index is 12.6. The molecule has 2 saturated heterocycles. The van der Waals surface area contributed by atoms with Gasteiger partial charge in [0.2, 0.25) is 5.91 Å². The fraction of sp³-hybridized carbons (Fsp3) is 0.667. The van der Waals surface area contributed by atoms with Crippen LogP contribution in [0.1, 0.15) is 31.7 Å². The van der Waals surface area contributed by atoms with Crippen molar-refractivity contribution in [2.75, 3.05) is 40.4 Å². The van der Waals surface area contributed by atoms with Gasteiger partial charge in [0.05, 0.1) is 14.2 Å². The summed E-state index contributed by atoms with van der Waals surface area (Å²) >= 11 is 0. The van der Waals surface area contributed by atoms with Gasteiger partial charge in [0.25, 0.3) is 0 Å². The highest BCUT2D eigenvalue weighted by Gasteiger charge is 2.33. The molecule has 0 aromatic heterocycles. The molecule has 2 heterocycles. The van der Waals surface area contributed by atoms with E-state index >= 15 is 0 Å². The molecule has 0 radical (unpaired) electrons. The van der Waals surface area contributed by atoms with Gasteiger partial charge in [-0.05, 0) is 68.3 Å². The zero-order chi connectivity index (χ0) is 18.5. The van der Waals surface area contributed by atoms with Crippen LogP contribution in [-0.2, 0) is 11.2 Å². The molecule has 2 aliphatic rings. The molecule has 5 heteroatoms. The number of methoxy groups -OCH3 is 2. The summed E-state index contributed by atoms with van der Waals surface area (Å²) in [4.78, 5) is 14.7. The van der Waals surface area contributed by atoms with E-state index in [1.54, 1.807) is 14.2 Å². The third kappa shape index (κ3) is 4.50. The van der Waals surface area contributed by atoms with E-state index in [-0.39, 0.29) is 5.92 Å². The van der Waals surface area contributed by atoms with Crippen LogP contribution in [0.2, 0.25) is 0 Å². The van der Waals surface area contributed by atoms with Crippen molar-refractivity contribution in [3.63, 3.8) is 0 Å². The van der Waals surface area contributed by atoms with E-state index in [9.17, 15) is 4.79 Å². The summed E-state index contributed by atoms with van der Waals surface area (Å²) in [5, 5.41) is 3.27. The Morgan fingerprint density at radius 2 is 1.77 bits per heavy atom. The predicted octanol–water partition coefficient (Wildman–Crippen LogP) is 2.73. The van der Waals surface area contributed by atoms with E-state index in [1.807, 2.05) is 6.07 Å². The minimum atomic E-state index is 0.164. The first-order valence-corrected chi connectivity index (χ1v) is 9.82. The molecule has 0 aliphatic carbocycles. The van der Waals surface area contributed by atoms with Crippen LogP contribution < -0.4 is 14.8 Å². The number of benzene rings is 1. The second-order valence-corrected chi connectivity index (χ2v) is 7.74. The summed E-state index contributed by atoms with van der Waals surface area (Å²) in [6.45, 7) is 5.90. The fourth-order valence-electron chi connectivity index (χ4n) is 3.98. The molecule has 3 rings (SSSR count). The van der Waals surface area contributed by atoms with Crippen molar-refractivity contribution < 1.29 is 14.3 Å². The van der Waals surface area contributed by atoms with E-state index < -0.39 is 0 Å². The van der Waals surface area contributed by atoms with Crippen LogP contribution in [0.15, 0.2) is 18.2 Å². The van der Waals surface area contributed by atoms with Gasteiger partial charge in [-0.25, -0.2) is 0 Å². The van der Waals surface area contributed by atoms with Crippen molar-refractivity contribution in [3.05, 3.63) is 23.8 Å². The van der Waals surface area contributed by atoms with Gasteiger partial charge < -0.3 is 19.7 Å². The smallest absolute Gasteiger partial charge is 0.225 e. The standard InChI is InChI=1S/C21H32N2O3/c1-15(18-13-22-14-18)21(24)23-8-6-16(7-9-23)4-5-17-10-19(25-2)12-20(11-17)26-3/h10-12,15-16,18,22H,4-9,13-14H2,1-3H3. The minimum absolute atomic E-state index is 0.164. The second-order valence-electron chi connectivity index (χ2n) is 7.74. The summed E-state index contributed by atoms with van der Waals surface area (Å²) in [6.07, 6.45) is 4.40. The molecular weight excluding hydrogens is 328 g/mol. The lowest BCUT2D eigenvalue weighted by Crippen LogP contribution is -2.51. The van der Waals surface area contributed by atoms with Crippen molar-refractivity contribution in [1.82, 2.24) is 10.2 Å². The third-order valence-corrected chi connectivity index (χ3v) is 6.09. The molecule has 1 N–H and O–H groups in total. The van der Waals surface area contributed by atoms with Gasteiger partial charge in [-0.3, -0.25) is 4.79 Å². The van der Waals surface area contributed by atoms with E-state index in [0.29, 0.717) is 17.7 Å². The Morgan fingerprint density at radius 3 is 2.27 bits per heavy atom. The van der Waals surface area contributed by atoms with Crippen LogP contribution in [-0.4, -0.2) is 51.2 Å². The molecule has 0 saturated carbocycles. The van der Waals surface area contributed by atoms with Crippen LogP contribution >= 0.6 is 0 Å². The molecule has 1 atom stereocenters. The number of hydrogen-bond acceptors (Lipinski definition) is 4. The monoisotopic (exact) mass is 360 g/mol. The Kier molecular flexibility index (Phi) is 6.41. The highest BCUT2D eigenvalue weighted by molar-refractivity contribution is 5.79. The average Bonchev–Trinajstić information content (AvgIpc) is 2.64. The Morgan fingerprint density at radius 1 is 1.15 bits per heavy atom. The van der Waals surface area contributed by atoms with Crippen molar-refractivity contribution in [2.24, 2.45) is 17.8 Å². The zero-order valence-electron chi connectivity index (χ0n) is 16.3. The molecule has 26 heavy (non-hydrogen) atoms. The van der Waals surface area contributed by atoms with E-state index in [4.69, 9.17) is 9.47 Å². The second kappa shape index (κ2) is 8.76. The third-order valence-electron chi connectivity index (χ3n) is 6.09. The first-order chi connectivity index (χ1) is 12.6. The van der Waals surface area contributed by atoms with Crippen LogP contribution in [0.3, 0.4) is 0 Å². The maximum absolute atomic E-state index is 12.6. The molecule has 5 nitrogen and oxygen atoms in total. The number of aryl methyl sites for hydroxylation is 1. The number of carbonyl (C=O) groups excluding carboxylic acids is 1. The molecule has 0 bridgehead atoms. The minimum Gasteiger partial charge on any atom is -0.497 e. The first kappa shape index (κ1) is 19.0. The maximum Gasteiger partial charge on any atom is 0.225 e. The lowest BCUT2D eigenvalue weighted by molar-refractivity contribution is -0.138. The highest BCUT2D eigenvalue weighted by atomic mass is 16.5. The lowest BCUT2D eigenvalue weighted by Gasteiger charge is -2.38. The lowest BCUT2D eigenvalue weighted by atomic mass is 9.86. The highest BCUT2D eigenvalue weighted by Crippen LogP contribution is 2.28. The molecule has 1 unspecified atom stereocenters. The summed E-state index contributed by atoms with van der Waals surface area (Å²) in [6, 6.07) is 6.09. The van der Waals surface area contributed by atoms with Gasteiger partial charge in [-0.1, -0.05) is 6.92 Å². The quantitative estimate of drug-likeness (QED) is 0.812. The molecule has 2 aliphatic heterocycles. The van der Waals surface area contributed by atoms with Gasteiger partial charge in [-0.2, -0.15) is 0 Å². The van der Waals surface area contributed by atoms with Crippen molar-refractivity contribution in [1.29, 1.82) is 0 Å². The molecular formula is C21H32N2O3. The number of carbonyl (C=O) groups is 1. The molecule has 2 fully saturated rings. The number of rotatable bonds is 7. The van der Waals surface area contributed by atoms with Crippen molar-refractivity contribution >= 4 is 5.91 Å². The van der Waals surface area contributed by atoms with Crippen molar-refractivity contribution in [2.45, 2.75) is 32.6 Å². The van der Waals surface area contributed by atoms with Crippen LogP contribution in [0.4, 0.5) is 0 Å². The molecule has 1 aromatic carbocycles. The Labute approximate surface area is 157 Å². The molecule has 144 valence electrons. The topological polar surface area (TPSA) is 50.8 Å². The summed E-state index contributed by atoms with van der Waals surface area (Å²) < 4.78 is 10.7. The van der Waals surface area contributed by atoms with E-state index in [0.717, 1.165) is 63.4 Å². The number of hydrogen-bond donors (Lipinski definition) is 1. The number of piperidine rings is 1. The SMILES string of the molecule is COc1cc(CCC2CCN(C(=O)C(C)C3CNC3)CC2)cc(OC)c1.